The Morgan fingerprint density at radius 3 is 2.23 bits per heavy atom. The normalized spacial score (nSPS) is 11.1. The van der Waals surface area contributed by atoms with Crippen LogP contribution >= 0.6 is 34.8 Å². The van der Waals surface area contributed by atoms with Gasteiger partial charge in [0.25, 0.3) is 5.69 Å². The van der Waals surface area contributed by atoms with Crippen molar-refractivity contribution >= 4 is 52.1 Å². The van der Waals surface area contributed by atoms with Crippen LogP contribution in [0.5, 0.6) is 5.75 Å². The number of halogens is 3. The summed E-state index contributed by atoms with van der Waals surface area (Å²) in [5.74, 6) is 0.591. The lowest BCUT2D eigenvalue weighted by Crippen LogP contribution is -1.97. The van der Waals surface area contributed by atoms with Crippen LogP contribution in [-0.2, 0) is 6.61 Å². The summed E-state index contributed by atoms with van der Waals surface area (Å²) in [5, 5.41) is 21.4. The highest BCUT2D eigenvalue weighted by Crippen LogP contribution is 2.32. The van der Waals surface area contributed by atoms with Gasteiger partial charge in [0, 0.05) is 22.7 Å². The maximum absolute atomic E-state index is 10.8. The average Bonchev–Trinajstić information content (AvgIpc) is 2.75. The largest absolute Gasteiger partial charge is 0.489 e. The van der Waals surface area contributed by atoms with Gasteiger partial charge in [0.1, 0.15) is 12.4 Å². The standard InChI is InChI=1S/C22H13Cl3N2O3/c23-20-9-10-21(24)22(25)19(20)13-30-18-7-1-14(2-8-18)11-16(12-26)15-3-5-17(6-4-15)27(28)29/h1-11H,13H2. The molecule has 0 aliphatic carbocycles. The molecule has 0 aliphatic rings. The Labute approximate surface area is 187 Å². The van der Waals surface area contributed by atoms with Crippen LogP contribution in [0.2, 0.25) is 15.1 Å². The first-order chi connectivity index (χ1) is 14.4. The third-order valence-electron chi connectivity index (χ3n) is 4.22. The number of hydrogen-bond donors (Lipinski definition) is 0. The SMILES string of the molecule is N#CC(=Cc1ccc(OCc2c(Cl)ccc(Cl)c2Cl)cc1)c1ccc([N+](=O)[O-])cc1. The summed E-state index contributed by atoms with van der Waals surface area (Å²) in [6.07, 6.45) is 1.69. The molecule has 0 N–H and O–H groups in total. The molecule has 8 heteroatoms. The molecule has 0 aliphatic heterocycles. The predicted octanol–water partition coefficient (Wildman–Crippen LogP) is 7.20. The monoisotopic (exact) mass is 458 g/mol. The smallest absolute Gasteiger partial charge is 0.269 e. The van der Waals surface area contributed by atoms with E-state index in [4.69, 9.17) is 39.5 Å². The average molecular weight is 460 g/mol. The number of nitro benzene ring substituents is 1. The van der Waals surface area contributed by atoms with E-state index in [1.54, 1.807) is 54.6 Å². The van der Waals surface area contributed by atoms with Gasteiger partial charge in [-0.2, -0.15) is 5.26 Å². The molecule has 3 aromatic rings. The molecule has 0 heterocycles. The van der Waals surface area contributed by atoms with Gasteiger partial charge in [0.05, 0.1) is 26.6 Å². The fourth-order valence-corrected chi connectivity index (χ4v) is 3.28. The van der Waals surface area contributed by atoms with Crippen LogP contribution in [0.15, 0.2) is 60.7 Å². The highest BCUT2D eigenvalue weighted by molar-refractivity contribution is 6.44. The molecule has 30 heavy (non-hydrogen) atoms. The fraction of sp³-hybridized carbons (Fsp3) is 0.0455. The Balaban J connectivity index is 1.74. The number of allylic oxidation sites excluding steroid dienone is 1. The third kappa shape index (κ3) is 5.11. The molecule has 0 aromatic heterocycles. The number of non-ortho nitro benzene ring substituents is 1. The van der Waals surface area contributed by atoms with Crippen molar-refractivity contribution in [3.05, 3.63) is 103 Å². The molecule has 0 fully saturated rings. The molecule has 3 rings (SSSR count). The molecule has 0 spiro atoms. The van der Waals surface area contributed by atoms with Gasteiger partial charge in [-0.15, -0.1) is 0 Å². The number of hydrogen-bond acceptors (Lipinski definition) is 4. The number of ether oxygens (including phenoxy) is 1. The molecule has 0 saturated heterocycles. The van der Waals surface area contributed by atoms with Crippen molar-refractivity contribution in [2.24, 2.45) is 0 Å². The number of nitriles is 1. The predicted molar refractivity (Wildman–Crippen MR) is 119 cm³/mol. The number of nitrogens with zero attached hydrogens (tertiary/aromatic N) is 2. The van der Waals surface area contributed by atoms with Crippen LogP contribution in [0, 0.1) is 21.4 Å². The Kier molecular flexibility index (Phi) is 6.96. The van der Waals surface area contributed by atoms with E-state index >= 15 is 0 Å². The zero-order valence-electron chi connectivity index (χ0n) is 15.3. The molecule has 0 radical (unpaired) electrons. The molecule has 0 saturated carbocycles. The number of rotatable bonds is 6. The van der Waals surface area contributed by atoms with Crippen molar-refractivity contribution in [3.8, 4) is 11.8 Å². The molecule has 0 unspecified atom stereocenters. The topological polar surface area (TPSA) is 76.2 Å². The molecule has 0 atom stereocenters. The van der Waals surface area contributed by atoms with Gasteiger partial charge in [-0.3, -0.25) is 10.1 Å². The van der Waals surface area contributed by atoms with E-state index in [-0.39, 0.29) is 12.3 Å². The van der Waals surface area contributed by atoms with Gasteiger partial charge in [-0.1, -0.05) is 46.9 Å². The van der Waals surface area contributed by atoms with Crippen molar-refractivity contribution in [1.29, 1.82) is 5.26 Å². The van der Waals surface area contributed by atoms with Crippen LogP contribution in [0.25, 0.3) is 11.6 Å². The minimum Gasteiger partial charge on any atom is -0.489 e. The Morgan fingerprint density at radius 2 is 1.63 bits per heavy atom. The molecule has 3 aromatic carbocycles. The van der Waals surface area contributed by atoms with Gasteiger partial charge in [-0.25, -0.2) is 0 Å². The second kappa shape index (κ2) is 9.64. The van der Waals surface area contributed by atoms with Gasteiger partial charge >= 0.3 is 0 Å². The fourth-order valence-electron chi connectivity index (χ4n) is 2.63. The summed E-state index contributed by atoms with van der Waals surface area (Å²) >= 11 is 18.3. The Morgan fingerprint density at radius 1 is 1.00 bits per heavy atom. The lowest BCUT2D eigenvalue weighted by Gasteiger charge is -2.11. The lowest BCUT2D eigenvalue weighted by molar-refractivity contribution is -0.384. The number of nitro groups is 1. The van der Waals surface area contributed by atoms with Gasteiger partial charge in [-0.05, 0) is 53.6 Å². The molecule has 0 bridgehead atoms. The summed E-state index contributed by atoms with van der Waals surface area (Å²) in [4.78, 5) is 10.3. The second-order valence-electron chi connectivity index (χ2n) is 6.15. The van der Waals surface area contributed by atoms with E-state index in [0.29, 0.717) is 37.5 Å². The summed E-state index contributed by atoms with van der Waals surface area (Å²) in [6.45, 7) is 0.152. The van der Waals surface area contributed by atoms with Crippen LogP contribution in [0.3, 0.4) is 0 Å². The lowest BCUT2D eigenvalue weighted by atomic mass is 10.0. The molecule has 5 nitrogen and oxygen atoms in total. The minimum absolute atomic E-state index is 0.0301. The highest BCUT2D eigenvalue weighted by atomic mass is 35.5. The second-order valence-corrected chi connectivity index (χ2v) is 7.35. The van der Waals surface area contributed by atoms with Crippen molar-refractivity contribution in [1.82, 2.24) is 0 Å². The van der Waals surface area contributed by atoms with E-state index in [2.05, 4.69) is 6.07 Å². The molecular formula is C22H13Cl3N2O3. The van der Waals surface area contributed by atoms with Gasteiger partial charge in [0.15, 0.2) is 0 Å². The first-order valence-electron chi connectivity index (χ1n) is 8.61. The van der Waals surface area contributed by atoms with Crippen molar-refractivity contribution in [2.45, 2.75) is 6.61 Å². The highest BCUT2D eigenvalue weighted by Gasteiger charge is 2.11. The van der Waals surface area contributed by atoms with Crippen LogP contribution in [0.1, 0.15) is 16.7 Å². The zero-order chi connectivity index (χ0) is 21.7. The van der Waals surface area contributed by atoms with E-state index < -0.39 is 4.92 Å². The first kappa shape index (κ1) is 21.7. The quantitative estimate of drug-likeness (QED) is 0.128. The Hall–Kier alpha value is -3.04. The van der Waals surface area contributed by atoms with Crippen LogP contribution < -0.4 is 4.74 Å². The third-order valence-corrected chi connectivity index (χ3v) is 5.42. The summed E-state index contributed by atoms with van der Waals surface area (Å²) in [6, 6.07) is 18.3. The van der Waals surface area contributed by atoms with Crippen molar-refractivity contribution in [2.75, 3.05) is 0 Å². The zero-order valence-corrected chi connectivity index (χ0v) is 17.6. The molecular weight excluding hydrogens is 447 g/mol. The van der Waals surface area contributed by atoms with Gasteiger partial charge < -0.3 is 4.74 Å². The maximum atomic E-state index is 10.8. The van der Waals surface area contributed by atoms with E-state index in [0.717, 1.165) is 5.56 Å². The van der Waals surface area contributed by atoms with Gasteiger partial charge in [0.2, 0.25) is 0 Å². The van der Waals surface area contributed by atoms with E-state index in [1.165, 1.54) is 12.1 Å². The number of benzene rings is 3. The summed E-state index contributed by atoms with van der Waals surface area (Å²) in [5.41, 5.74) is 2.32. The van der Waals surface area contributed by atoms with Crippen LogP contribution in [-0.4, -0.2) is 4.92 Å². The first-order valence-corrected chi connectivity index (χ1v) is 9.74. The van der Waals surface area contributed by atoms with Crippen molar-refractivity contribution < 1.29 is 9.66 Å². The maximum Gasteiger partial charge on any atom is 0.269 e. The van der Waals surface area contributed by atoms with Crippen molar-refractivity contribution in [3.63, 3.8) is 0 Å². The summed E-state index contributed by atoms with van der Waals surface area (Å²) in [7, 11) is 0. The van der Waals surface area contributed by atoms with E-state index in [9.17, 15) is 15.4 Å². The molecule has 0 amide bonds. The van der Waals surface area contributed by atoms with E-state index in [1.807, 2.05) is 0 Å². The Bertz CT molecular complexity index is 1150. The summed E-state index contributed by atoms with van der Waals surface area (Å²) < 4.78 is 5.74. The molecule has 150 valence electrons. The van der Waals surface area contributed by atoms with Crippen LogP contribution in [0.4, 0.5) is 5.69 Å². The minimum atomic E-state index is -0.484.